The molecular formula is C11H15NO3S. The Morgan fingerprint density at radius 1 is 1.25 bits per heavy atom. The van der Waals surface area contributed by atoms with Gasteiger partial charge in [-0.3, -0.25) is 0 Å². The first-order valence-electron chi connectivity index (χ1n) is 5.05. The van der Waals surface area contributed by atoms with Gasteiger partial charge in [0.25, 0.3) is 0 Å². The zero-order chi connectivity index (χ0) is 11.8. The standard InChI is InChI=1S/C11H15NO3S/c1-12-11(7-15-8-11)9-3-5-10(6-4-9)16(2,13)14/h3-6,12H,7-8H2,1-2H3. The van der Waals surface area contributed by atoms with E-state index in [2.05, 4.69) is 5.32 Å². The van der Waals surface area contributed by atoms with E-state index in [0.29, 0.717) is 18.1 Å². The van der Waals surface area contributed by atoms with Crippen molar-refractivity contribution in [1.29, 1.82) is 0 Å². The monoisotopic (exact) mass is 241 g/mol. The van der Waals surface area contributed by atoms with E-state index in [1.54, 1.807) is 12.1 Å². The van der Waals surface area contributed by atoms with Crippen LogP contribution in [0, 0.1) is 0 Å². The van der Waals surface area contributed by atoms with Crippen LogP contribution in [0.1, 0.15) is 5.56 Å². The summed E-state index contributed by atoms with van der Waals surface area (Å²) in [6, 6.07) is 6.97. The number of sulfone groups is 1. The number of hydrogen-bond acceptors (Lipinski definition) is 4. The molecule has 0 spiro atoms. The molecule has 1 aromatic rings. The van der Waals surface area contributed by atoms with Gasteiger partial charge in [0.1, 0.15) is 0 Å². The highest BCUT2D eigenvalue weighted by molar-refractivity contribution is 7.90. The summed E-state index contributed by atoms with van der Waals surface area (Å²) in [4.78, 5) is 0.350. The van der Waals surface area contributed by atoms with Gasteiger partial charge in [-0.05, 0) is 24.7 Å². The SMILES string of the molecule is CNC1(c2ccc(S(C)(=O)=O)cc2)COC1. The van der Waals surface area contributed by atoms with E-state index in [9.17, 15) is 8.42 Å². The van der Waals surface area contributed by atoms with Gasteiger partial charge in [0.15, 0.2) is 9.84 Å². The van der Waals surface area contributed by atoms with Gasteiger partial charge in [0.05, 0.1) is 23.6 Å². The Labute approximate surface area is 95.5 Å². The predicted octanol–water partition coefficient (Wildman–Crippen LogP) is 0.535. The summed E-state index contributed by atoms with van der Waals surface area (Å²) in [6.45, 7) is 1.25. The van der Waals surface area contributed by atoms with Crippen molar-refractivity contribution in [2.75, 3.05) is 26.5 Å². The lowest BCUT2D eigenvalue weighted by molar-refractivity contribution is -0.0748. The first kappa shape index (κ1) is 11.6. The molecule has 2 rings (SSSR count). The summed E-state index contributed by atoms with van der Waals surface area (Å²) in [6.07, 6.45) is 1.21. The lowest BCUT2D eigenvalue weighted by atomic mass is 9.88. The summed E-state index contributed by atoms with van der Waals surface area (Å²) in [5.41, 5.74) is 0.921. The Balaban J connectivity index is 2.33. The summed E-state index contributed by atoms with van der Waals surface area (Å²) < 4.78 is 27.8. The van der Waals surface area contributed by atoms with E-state index >= 15 is 0 Å². The van der Waals surface area contributed by atoms with E-state index in [-0.39, 0.29) is 5.54 Å². The first-order chi connectivity index (χ1) is 7.48. The van der Waals surface area contributed by atoms with Crippen molar-refractivity contribution in [2.45, 2.75) is 10.4 Å². The third-order valence-electron chi connectivity index (χ3n) is 3.01. The summed E-state index contributed by atoms with van der Waals surface area (Å²) >= 11 is 0. The molecule has 88 valence electrons. The molecule has 0 aliphatic carbocycles. The average molecular weight is 241 g/mol. The Hall–Kier alpha value is -0.910. The molecule has 5 heteroatoms. The minimum atomic E-state index is -3.11. The van der Waals surface area contributed by atoms with Crippen LogP contribution in [0.4, 0.5) is 0 Å². The molecule has 0 radical (unpaired) electrons. The average Bonchev–Trinajstić information content (AvgIpc) is 2.16. The van der Waals surface area contributed by atoms with Gasteiger partial charge < -0.3 is 10.1 Å². The van der Waals surface area contributed by atoms with Crippen LogP contribution in [0.3, 0.4) is 0 Å². The van der Waals surface area contributed by atoms with Gasteiger partial charge in [-0.2, -0.15) is 0 Å². The highest BCUT2D eigenvalue weighted by Crippen LogP contribution is 2.29. The molecule has 1 aliphatic heterocycles. The first-order valence-corrected chi connectivity index (χ1v) is 6.94. The zero-order valence-corrected chi connectivity index (χ0v) is 10.2. The summed E-state index contributed by atoms with van der Waals surface area (Å²) in [5, 5.41) is 3.21. The second-order valence-corrected chi connectivity index (χ2v) is 6.14. The molecule has 0 unspecified atom stereocenters. The van der Waals surface area contributed by atoms with Gasteiger partial charge in [-0.15, -0.1) is 0 Å². The Morgan fingerprint density at radius 3 is 2.12 bits per heavy atom. The maximum Gasteiger partial charge on any atom is 0.175 e. The molecule has 0 bridgehead atoms. The molecule has 1 N–H and O–H groups in total. The van der Waals surface area contributed by atoms with Crippen molar-refractivity contribution in [3.8, 4) is 0 Å². The molecule has 1 saturated heterocycles. The van der Waals surface area contributed by atoms with Gasteiger partial charge in [0, 0.05) is 6.26 Å². The third kappa shape index (κ3) is 1.86. The number of rotatable bonds is 3. The lowest BCUT2D eigenvalue weighted by Crippen LogP contribution is -2.56. The molecule has 1 heterocycles. The van der Waals surface area contributed by atoms with E-state index in [0.717, 1.165) is 5.56 Å². The molecule has 0 aromatic heterocycles. The Kier molecular flexibility index (Phi) is 2.77. The molecule has 1 aromatic carbocycles. The number of benzene rings is 1. The zero-order valence-electron chi connectivity index (χ0n) is 9.36. The van der Waals surface area contributed by atoms with E-state index in [1.165, 1.54) is 6.26 Å². The van der Waals surface area contributed by atoms with Gasteiger partial charge in [-0.25, -0.2) is 8.42 Å². The fraction of sp³-hybridized carbons (Fsp3) is 0.455. The molecule has 4 nitrogen and oxygen atoms in total. The van der Waals surface area contributed by atoms with Crippen LogP contribution < -0.4 is 5.32 Å². The molecular weight excluding hydrogens is 226 g/mol. The Morgan fingerprint density at radius 2 is 1.81 bits per heavy atom. The van der Waals surface area contributed by atoms with Crippen LogP contribution in [0.2, 0.25) is 0 Å². The molecule has 1 aliphatic rings. The molecule has 16 heavy (non-hydrogen) atoms. The molecule has 1 fully saturated rings. The van der Waals surface area contributed by atoms with Crippen LogP contribution in [0.15, 0.2) is 29.2 Å². The van der Waals surface area contributed by atoms with Crippen LogP contribution >= 0.6 is 0 Å². The van der Waals surface area contributed by atoms with Crippen molar-refractivity contribution < 1.29 is 13.2 Å². The molecule has 0 atom stereocenters. The van der Waals surface area contributed by atoms with Crippen molar-refractivity contribution in [3.05, 3.63) is 29.8 Å². The number of likely N-dealkylation sites (N-methyl/N-ethyl adjacent to an activating group) is 1. The van der Waals surface area contributed by atoms with Crippen molar-refractivity contribution in [1.82, 2.24) is 5.32 Å². The van der Waals surface area contributed by atoms with E-state index < -0.39 is 9.84 Å². The van der Waals surface area contributed by atoms with Crippen molar-refractivity contribution in [3.63, 3.8) is 0 Å². The highest BCUT2D eigenvalue weighted by Gasteiger charge is 2.38. The fourth-order valence-electron chi connectivity index (χ4n) is 1.78. The van der Waals surface area contributed by atoms with E-state index in [4.69, 9.17) is 4.74 Å². The maximum atomic E-state index is 11.3. The van der Waals surface area contributed by atoms with Crippen LogP contribution in [-0.4, -0.2) is 34.9 Å². The van der Waals surface area contributed by atoms with Gasteiger partial charge >= 0.3 is 0 Å². The highest BCUT2D eigenvalue weighted by atomic mass is 32.2. The van der Waals surface area contributed by atoms with Crippen LogP contribution in [0.5, 0.6) is 0 Å². The topological polar surface area (TPSA) is 55.4 Å². The smallest absolute Gasteiger partial charge is 0.175 e. The maximum absolute atomic E-state index is 11.3. The van der Waals surface area contributed by atoms with Crippen LogP contribution in [-0.2, 0) is 20.1 Å². The minimum absolute atomic E-state index is 0.143. The minimum Gasteiger partial charge on any atom is -0.377 e. The number of hydrogen-bond donors (Lipinski definition) is 1. The third-order valence-corrected chi connectivity index (χ3v) is 4.14. The molecule has 0 amide bonds. The largest absolute Gasteiger partial charge is 0.377 e. The lowest BCUT2D eigenvalue weighted by Gasteiger charge is -2.41. The second-order valence-electron chi connectivity index (χ2n) is 4.12. The quantitative estimate of drug-likeness (QED) is 0.839. The fourth-order valence-corrected chi connectivity index (χ4v) is 2.41. The van der Waals surface area contributed by atoms with Crippen molar-refractivity contribution >= 4 is 9.84 Å². The molecule has 0 saturated carbocycles. The van der Waals surface area contributed by atoms with Crippen molar-refractivity contribution in [2.24, 2.45) is 0 Å². The normalized spacial score (nSPS) is 19.1. The summed E-state index contributed by atoms with van der Waals surface area (Å²) in [5.74, 6) is 0. The Bertz CT molecular complexity index is 469. The number of ether oxygens (including phenoxy) is 1. The predicted molar refractivity (Wildman–Crippen MR) is 61.1 cm³/mol. The second kappa shape index (κ2) is 3.84. The van der Waals surface area contributed by atoms with Gasteiger partial charge in [-0.1, -0.05) is 12.1 Å². The van der Waals surface area contributed by atoms with Gasteiger partial charge in [0.2, 0.25) is 0 Å². The summed E-state index contributed by atoms with van der Waals surface area (Å²) in [7, 11) is -1.23. The van der Waals surface area contributed by atoms with E-state index in [1.807, 2.05) is 19.2 Å². The van der Waals surface area contributed by atoms with Crippen LogP contribution in [0.25, 0.3) is 0 Å². The number of nitrogens with one attached hydrogen (secondary N) is 1.